The highest BCUT2D eigenvalue weighted by molar-refractivity contribution is 9.08. The first-order valence-electron chi connectivity index (χ1n) is 6.05. The molecule has 2 aromatic carbocycles. The SMILES string of the molecule is COc1cc(Cl)cc(CBr)c1OCc1c(F)cccc1F. The van der Waals surface area contributed by atoms with Gasteiger partial charge in [-0.2, -0.15) is 0 Å². The van der Waals surface area contributed by atoms with Crippen molar-refractivity contribution in [2.75, 3.05) is 7.11 Å². The Bertz CT molecular complexity index is 604. The molecular weight excluding hydrogens is 366 g/mol. The van der Waals surface area contributed by atoms with Crippen LogP contribution in [0.2, 0.25) is 5.02 Å². The van der Waals surface area contributed by atoms with Gasteiger partial charge in [-0.15, -0.1) is 0 Å². The Balaban J connectivity index is 2.31. The molecule has 2 nitrogen and oxygen atoms in total. The summed E-state index contributed by atoms with van der Waals surface area (Å²) in [5.74, 6) is -0.484. The van der Waals surface area contributed by atoms with Crippen LogP contribution in [0.25, 0.3) is 0 Å². The Morgan fingerprint density at radius 2 is 1.86 bits per heavy atom. The van der Waals surface area contributed by atoms with Crippen molar-refractivity contribution in [2.24, 2.45) is 0 Å². The second-order valence-electron chi connectivity index (χ2n) is 4.22. The van der Waals surface area contributed by atoms with Gasteiger partial charge in [-0.05, 0) is 18.2 Å². The second-order valence-corrected chi connectivity index (χ2v) is 5.22. The number of halogens is 4. The molecule has 0 fully saturated rings. The molecule has 21 heavy (non-hydrogen) atoms. The molecule has 0 spiro atoms. The third-order valence-electron chi connectivity index (χ3n) is 2.88. The molecule has 2 rings (SSSR count). The minimum absolute atomic E-state index is 0.130. The zero-order chi connectivity index (χ0) is 15.4. The van der Waals surface area contributed by atoms with Gasteiger partial charge < -0.3 is 9.47 Å². The summed E-state index contributed by atoms with van der Waals surface area (Å²) in [6, 6.07) is 6.96. The van der Waals surface area contributed by atoms with Gasteiger partial charge in [0.05, 0.1) is 12.7 Å². The molecule has 0 aliphatic rings. The maximum absolute atomic E-state index is 13.6. The summed E-state index contributed by atoms with van der Waals surface area (Å²) in [5, 5.41) is 0.963. The summed E-state index contributed by atoms with van der Waals surface area (Å²) in [6.45, 7) is -0.240. The van der Waals surface area contributed by atoms with Gasteiger partial charge in [0.15, 0.2) is 11.5 Å². The van der Waals surface area contributed by atoms with Crippen LogP contribution in [0.4, 0.5) is 8.78 Å². The first-order chi connectivity index (χ1) is 10.1. The van der Waals surface area contributed by atoms with Gasteiger partial charge >= 0.3 is 0 Å². The standard InChI is InChI=1S/C15H12BrClF2O2/c1-20-14-6-10(17)5-9(7-16)15(14)21-8-11-12(18)3-2-4-13(11)19/h2-6H,7-8H2,1H3. The molecule has 0 radical (unpaired) electrons. The summed E-state index contributed by atoms with van der Waals surface area (Å²) < 4.78 is 38.0. The summed E-state index contributed by atoms with van der Waals surface area (Å²) in [5.41, 5.74) is 0.603. The molecule has 6 heteroatoms. The average molecular weight is 378 g/mol. The lowest BCUT2D eigenvalue weighted by Gasteiger charge is -2.15. The minimum atomic E-state index is -0.650. The fourth-order valence-electron chi connectivity index (χ4n) is 1.85. The van der Waals surface area contributed by atoms with Crippen molar-refractivity contribution in [3.8, 4) is 11.5 Å². The van der Waals surface area contributed by atoms with Crippen molar-refractivity contribution >= 4 is 27.5 Å². The molecule has 0 bridgehead atoms. The maximum atomic E-state index is 13.6. The van der Waals surface area contributed by atoms with Crippen molar-refractivity contribution in [3.63, 3.8) is 0 Å². The van der Waals surface area contributed by atoms with Crippen molar-refractivity contribution in [2.45, 2.75) is 11.9 Å². The molecule has 0 amide bonds. The van der Waals surface area contributed by atoms with E-state index in [1.165, 1.54) is 25.3 Å². The minimum Gasteiger partial charge on any atom is -0.493 e. The smallest absolute Gasteiger partial charge is 0.165 e. The summed E-state index contributed by atoms with van der Waals surface area (Å²) >= 11 is 9.29. The van der Waals surface area contributed by atoms with E-state index in [1.54, 1.807) is 12.1 Å². The number of alkyl halides is 1. The zero-order valence-corrected chi connectivity index (χ0v) is 13.5. The molecule has 0 N–H and O–H groups in total. The van der Waals surface area contributed by atoms with Crippen LogP contribution in [0.1, 0.15) is 11.1 Å². The third-order valence-corrected chi connectivity index (χ3v) is 3.71. The molecule has 112 valence electrons. The van der Waals surface area contributed by atoms with Crippen LogP contribution < -0.4 is 9.47 Å². The van der Waals surface area contributed by atoms with Gasteiger partial charge in [-0.3, -0.25) is 0 Å². The number of benzene rings is 2. The van der Waals surface area contributed by atoms with E-state index in [2.05, 4.69) is 15.9 Å². The van der Waals surface area contributed by atoms with E-state index in [0.29, 0.717) is 21.9 Å². The van der Waals surface area contributed by atoms with E-state index in [1.807, 2.05) is 0 Å². The molecule has 0 atom stereocenters. The van der Waals surface area contributed by atoms with Crippen molar-refractivity contribution in [1.82, 2.24) is 0 Å². The van der Waals surface area contributed by atoms with Gasteiger partial charge in [0.1, 0.15) is 18.2 Å². The monoisotopic (exact) mass is 376 g/mol. The normalized spacial score (nSPS) is 10.5. The van der Waals surface area contributed by atoms with E-state index >= 15 is 0 Å². The summed E-state index contributed by atoms with van der Waals surface area (Å²) in [6.07, 6.45) is 0. The maximum Gasteiger partial charge on any atom is 0.165 e. The van der Waals surface area contributed by atoms with Gasteiger partial charge in [-0.1, -0.05) is 33.6 Å². The Kier molecular flexibility index (Phi) is 5.42. The van der Waals surface area contributed by atoms with Crippen LogP contribution in [-0.2, 0) is 11.9 Å². The first-order valence-corrected chi connectivity index (χ1v) is 7.54. The highest BCUT2D eigenvalue weighted by Gasteiger charge is 2.15. The topological polar surface area (TPSA) is 18.5 Å². The average Bonchev–Trinajstić information content (AvgIpc) is 2.47. The van der Waals surface area contributed by atoms with E-state index in [0.717, 1.165) is 5.56 Å². The fourth-order valence-corrected chi connectivity index (χ4v) is 2.50. The highest BCUT2D eigenvalue weighted by atomic mass is 79.9. The molecule has 0 unspecified atom stereocenters. The van der Waals surface area contributed by atoms with Gasteiger partial charge in [-0.25, -0.2) is 8.78 Å². The van der Waals surface area contributed by atoms with Crippen LogP contribution in [0.3, 0.4) is 0 Å². The number of hydrogen-bond acceptors (Lipinski definition) is 2. The van der Waals surface area contributed by atoms with E-state index in [-0.39, 0.29) is 12.2 Å². The van der Waals surface area contributed by atoms with Gasteiger partial charge in [0.25, 0.3) is 0 Å². The van der Waals surface area contributed by atoms with E-state index < -0.39 is 11.6 Å². The lowest BCUT2D eigenvalue weighted by molar-refractivity contribution is 0.272. The van der Waals surface area contributed by atoms with E-state index in [4.69, 9.17) is 21.1 Å². The van der Waals surface area contributed by atoms with Crippen LogP contribution in [-0.4, -0.2) is 7.11 Å². The number of methoxy groups -OCH3 is 1. The first kappa shape index (κ1) is 16.0. The van der Waals surface area contributed by atoms with Crippen LogP contribution in [0.5, 0.6) is 11.5 Å². The Morgan fingerprint density at radius 3 is 2.43 bits per heavy atom. The Labute approximate surface area is 134 Å². The number of ether oxygens (including phenoxy) is 2. The molecule has 0 aromatic heterocycles. The zero-order valence-electron chi connectivity index (χ0n) is 11.1. The number of rotatable bonds is 5. The molecule has 0 saturated heterocycles. The molecule has 0 aliphatic heterocycles. The predicted molar refractivity (Wildman–Crippen MR) is 81.3 cm³/mol. The lowest BCUT2D eigenvalue weighted by atomic mass is 10.2. The Morgan fingerprint density at radius 1 is 1.19 bits per heavy atom. The van der Waals surface area contributed by atoms with Crippen molar-refractivity contribution in [1.29, 1.82) is 0 Å². The molecular formula is C15H12BrClF2O2. The number of hydrogen-bond donors (Lipinski definition) is 0. The van der Waals surface area contributed by atoms with Crippen LogP contribution in [0, 0.1) is 11.6 Å². The van der Waals surface area contributed by atoms with Crippen LogP contribution in [0.15, 0.2) is 30.3 Å². The third kappa shape index (κ3) is 3.66. The summed E-state index contributed by atoms with van der Waals surface area (Å²) in [4.78, 5) is 0. The Hall–Kier alpha value is -1.33. The molecule has 0 aliphatic carbocycles. The van der Waals surface area contributed by atoms with Crippen LogP contribution >= 0.6 is 27.5 Å². The van der Waals surface area contributed by atoms with Crippen molar-refractivity contribution < 1.29 is 18.3 Å². The lowest BCUT2D eigenvalue weighted by Crippen LogP contribution is -2.04. The van der Waals surface area contributed by atoms with Gasteiger partial charge in [0, 0.05) is 22.0 Å². The van der Waals surface area contributed by atoms with Crippen molar-refractivity contribution in [3.05, 3.63) is 58.1 Å². The quantitative estimate of drug-likeness (QED) is 0.675. The fraction of sp³-hybridized carbons (Fsp3) is 0.200. The second kappa shape index (κ2) is 7.09. The molecule has 0 heterocycles. The molecule has 2 aromatic rings. The summed E-state index contributed by atoms with van der Waals surface area (Å²) in [7, 11) is 1.47. The van der Waals surface area contributed by atoms with E-state index in [9.17, 15) is 8.78 Å². The largest absolute Gasteiger partial charge is 0.493 e. The predicted octanol–water partition coefficient (Wildman–Crippen LogP) is 5.10. The van der Waals surface area contributed by atoms with Gasteiger partial charge in [0.2, 0.25) is 0 Å². The molecule has 0 saturated carbocycles. The highest BCUT2D eigenvalue weighted by Crippen LogP contribution is 2.36.